The van der Waals surface area contributed by atoms with E-state index >= 15 is 0 Å². The van der Waals surface area contributed by atoms with Crippen molar-refractivity contribution >= 4 is 56.8 Å². The summed E-state index contributed by atoms with van der Waals surface area (Å²) in [6.45, 7) is 1.45. The third kappa shape index (κ3) is 5.68. The summed E-state index contributed by atoms with van der Waals surface area (Å²) in [7, 11) is 0. The van der Waals surface area contributed by atoms with Gasteiger partial charge in [-0.05, 0) is 48.9 Å². The zero-order valence-corrected chi connectivity index (χ0v) is 20.3. The summed E-state index contributed by atoms with van der Waals surface area (Å²) in [4.78, 5) is 35.6. The SMILES string of the molecule is CC(Oc1ccccc1[N+](=O)[O-])C(=O)N/N=C/c1ccc(OC(=O)c2sc3ccccc3c2Cl)cc1. The molecule has 0 radical (unpaired) electrons. The summed E-state index contributed by atoms with van der Waals surface area (Å²) in [6.07, 6.45) is 0.370. The van der Waals surface area contributed by atoms with Crippen molar-refractivity contribution in [2.75, 3.05) is 0 Å². The number of fused-ring (bicyclic) bond motifs is 1. The van der Waals surface area contributed by atoms with Crippen molar-refractivity contribution in [3.63, 3.8) is 0 Å². The lowest BCUT2D eigenvalue weighted by molar-refractivity contribution is -0.386. The molecule has 0 aliphatic heterocycles. The van der Waals surface area contributed by atoms with Crippen LogP contribution in [0, 0.1) is 10.1 Å². The number of halogens is 1. The second-order valence-electron chi connectivity index (χ2n) is 7.42. The Balaban J connectivity index is 1.32. The Bertz CT molecular complexity index is 1470. The number of amides is 1. The molecular formula is C25H18ClN3O6S. The minimum atomic E-state index is -1.02. The van der Waals surface area contributed by atoms with Gasteiger partial charge in [0.05, 0.1) is 16.2 Å². The molecule has 0 aliphatic rings. The molecule has 3 aromatic carbocycles. The highest BCUT2D eigenvalue weighted by atomic mass is 35.5. The number of carbonyl (C=O) groups excluding carboxylic acids is 2. The van der Waals surface area contributed by atoms with Crippen molar-refractivity contribution in [2.24, 2.45) is 5.10 Å². The van der Waals surface area contributed by atoms with Crippen LogP contribution >= 0.6 is 22.9 Å². The van der Waals surface area contributed by atoms with Gasteiger partial charge in [-0.2, -0.15) is 5.10 Å². The molecule has 1 heterocycles. The normalized spacial score (nSPS) is 11.8. The Morgan fingerprint density at radius 1 is 1.08 bits per heavy atom. The van der Waals surface area contributed by atoms with Gasteiger partial charge in [0.2, 0.25) is 0 Å². The molecule has 1 aromatic heterocycles. The average molecular weight is 524 g/mol. The lowest BCUT2D eigenvalue weighted by Gasteiger charge is -2.12. The quantitative estimate of drug-likeness (QED) is 0.105. The van der Waals surface area contributed by atoms with E-state index in [4.69, 9.17) is 21.1 Å². The Morgan fingerprint density at radius 3 is 2.50 bits per heavy atom. The minimum Gasteiger partial charge on any atom is -0.474 e. The van der Waals surface area contributed by atoms with E-state index in [-0.39, 0.29) is 11.4 Å². The smallest absolute Gasteiger partial charge is 0.355 e. The fourth-order valence-corrected chi connectivity index (χ4v) is 4.52. The Hall–Kier alpha value is -4.28. The number of benzene rings is 3. The van der Waals surface area contributed by atoms with Crippen molar-refractivity contribution in [1.29, 1.82) is 0 Å². The lowest BCUT2D eigenvalue weighted by atomic mass is 10.2. The maximum atomic E-state index is 12.6. The number of rotatable bonds is 8. The molecule has 4 rings (SSSR count). The number of nitrogens with one attached hydrogen (secondary N) is 1. The molecule has 0 saturated carbocycles. The van der Waals surface area contributed by atoms with Crippen LogP contribution in [0.3, 0.4) is 0 Å². The second-order valence-corrected chi connectivity index (χ2v) is 8.85. The average Bonchev–Trinajstić information content (AvgIpc) is 3.22. The van der Waals surface area contributed by atoms with E-state index in [1.165, 1.54) is 42.7 Å². The predicted molar refractivity (Wildman–Crippen MR) is 137 cm³/mol. The van der Waals surface area contributed by atoms with Crippen LogP contribution in [0.2, 0.25) is 5.02 Å². The summed E-state index contributed by atoms with van der Waals surface area (Å²) >= 11 is 7.60. The van der Waals surface area contributed by atoms with Gasteiger partial charge in [-0.25, -0.2) is 10.2 Å². The first-order chi connectivity index (χ1) is 17.3. The molecule has 0 aliphatic carbocycles. The monoisotopic (exact) mass is 523 g/mol. The van der Waals surface area contributed by atoms with Gasteiger partial charge < -0.3 is 9.47 Å². The van der Waals surface area contributed by atoms with Crippen LogP contribution in [0.25, 0.3) is 10.1 Å². The van der Waals surface area contributed by atoms with E-state index in [0.717, 1.165) is 10.1 Å². The van der Waals surface area contributed by atoms with Crippen molar-refractivity contribution in [1.82, 2.24) is 5.43 Å². The van der Waals surface area contributed by atoms with Crippen LogP contribution in [0.1, 0.15) is 22.2 Å². The van der Waals surface area contributed by atoms with E-state index in [2.05, 4.69) is 10.5 Å². The van der Waals surface area contributed by atoms with Crippen LogP contribution in [0.15, 0.2) is 77.9 Å². The fraction of sp³-hybridized carbons (Fsp3) is 0.0800. The number of nitro benzene ring substituents is 1. The first-order valence-corrected chi connectivity index (χ1v) is 11.7. The topological polar surface area (TPSA) is 120 Å². The number of hydrazone groups is 1. The van der Waals surface area contributed by atoms with Gasteiger partial charge in [0, 0.05) is 16.2 Å². The van der Waals surface area contributed by atoms with Gasteiger partial charge in [0.25, 0.3) is 5.91 Å². The largest absolute Gasteiger partial charge is 0.474 e. The molecule has 1 N–H and O–H groups in total. The number of nitrogens with zero attached hydrogens (tertiary/aromatic N) is 2. The highest BCUT2D eigenvalue weighted by molar-refractivity contribution is 7.21. The van der Waals surface area contributed by atoms with Crippen molar-refractivity contribution in [3.8, 4) is 11.5 Å². The molecule has 0 bridgehead atoms. The molecule has 9 nitrogen and oxygen atoms in total. The van der Waals surface area contributed by atoms with Crippen molar-refractivity contribution in [2.45, 2.75) is 13.0 Å². The number of para-hydroxylation sites is 2. The van der Waals surface area contributed by atoms with Gasteiger partial charge in [-0.3, -0.25) is 14.9 Å². The molecule has 0 saturated heterocycles. The fourth-order valence-electron chi connectivity index (χ4n) is 3.13. The summed E-state index contributed by atoms with van der Waals surface area (Å²) in [5, 5.41) is 16.1. The summed E-state index contributed by atoms with van der Waals surface area (Å²) in [5.74, 6) is -0.838. The number of hydrogen-bond donors (Lipinski definition) is 1. The number of thiophene rings is 1. The maximum Gasteiger partial charge on any atom is 0.355 e. The Kier molecular flexibility index (Phi) is 7.57. The van der Waals surface area contributed by atoms with Gasteiger partial charge in [0.15, 0.2) is 11.9 Å². The number of nitro groups is 1. The zero-order chi connectivity index (χ0) is 25.7. The van der Waals surface area contributed by atoms with E-state index in [0.29, 0.717) is 21.2 Å². The summed E-state index contributed by atoms with van der Waals surface area (Å²) in [5.41, 5.74) is 2.71. The highest BCUT2D eigenvalue weighted by Gasteiger charge is 2.21. The zero-order valence-electron chi connectivity index (χ0n) is 18.7. The van der Waals surface area contributed by atoms with Gasteiger partial charge in [-0.15, -0.1) is 11.3 Å². The first-order valence-electron chi connectivity index (χ1n) is 10.6. The molecular weight excluding hydrogens is 506 g/mol. The van der Waals surface area contributed by atoms with Crippen molar-refractivity contribution in [3.05, 3.63) is 98.4 Å². The van der Waals surface area contributed by atoms with Gasteiger partial charge in [0.1, 0.15) is 10.6 Å². The lowest BCUT2D eigenvalue weighted by Crippen LogP contribution is -2.33. The third-order valence-corrected chi connectivity index (χ3v) is 6.59. The number of carbonyl (C=O) groups is 2. The van der Waals surface area contributed by atoms with E-state index < -0.39 is 22.9 Å². The standard InChI is InChI=1S/C25H18ClN3O6S/c1-15(34-20-8-4-3-7-19(20)29(32)33)24(30)28-27-14-16-10-12-17(13-11-16)35-25(31)23-22(26)18-6-2-5-9-21(18)36-23/h2-15H,1H3,(H,28,30)/b27-14+. The summed E-state index contributed by atoms with van der Waals surface area (Å²) < 4.78 is 11.7. The molecule has 0 fully saturated rings. The van der Waals surface area contributed by atoms with Crippen LogP contribution in [0.4, 0.5) is 5.69 Å². The Labute approximate surface area is 214 Å². The van der Waals surface area contributed by atoms with E-state index in [1.54, 1.807) is 30.3 Å². The minimum absolute atomic E-state index is 0.0174. The van der Waals surface area contributed by atoms with Crippen LogP contribution in [-0.2, 0) is 4.79 Å². The Morgan fingerprint density at radius 2 is 1.78 bits per heavy atom. The highest BCUT2D eigenvalue weighted by Crippen LogP contribution is 2.35. The second kappa shape index (κ2) is 11.0. The van der Waals surface area contributed by atoms with Crippen LogP contribution in [0.5, 0.6) is 11.5 Å². The summed E-state index contributed by atoms with van der Waals surface area (Å²) in [6, 6.07) is 19.7. The molecule has 1 atom stereocenters. The molecule has 1 amide bonds. The molecule has 36 heavy (non-hydrogen) atoms. The van der Waals surface area contributed by atoms with Gasteiger partial charge in [-0.1, -0.05) is 41.9 Å². The molecule has 182 valence electrons. The first kappa shape index (κ1) is 24.8. The van der Waals surface area contributed by atoms with Crippen molar-refractivity contribution < 1.29 is 24.0 Å². The molecule has 0 spiro atoms. The van der Waals surface area contributed by atoms with E-state index in [9.17, 15) is 19.7 Å². The molecule has 11 heteroatoms. The molecule has 4 aromatic rings. The van der Waals surface area contributed by atoms with Crippen LogP contribution in [-0.4, -0.2) is 29.1 Å². The number of hydrogen-bond acceptors (Lipinski definition) is 8. The molecule has 1 unspecified atom stereocenters. The van der Waals surface area contributed by atoms with E-state index in [1.807, 2.05) is 24.3 Å². The third-order valence-electron chi connectivity index (χ3n) is 4.93. The predicted octanol–water partition coefficient (Wildman–Crippen LogP) is 5.60. The maximum absolute atomic E-state index is 12.6. The number of ether oxygens (including phenoxy) is 2. The van der Waals surface area contributed by atoms with Crippen LogP contribution < -0.4 is 14.9 Å². The number of esters is 1. The van der Waals surface area contributed by atoms with Gasteiger partial charge >= 0.3 is 11.7 Å².